The molecule has 1 saturated heterocycles. The van der Waals surface area contributed by atoms with Crippen LogP contribution in [0.15, 0.2) is 17.0 Å². The van der Waals surface area contributed by atoms with Gasteiger partial charge in [0.15, 0.2) is 11.5 Å². The average molecular weight is 382 g/mol. The van der Waals surface area contributed by atoms with E-state index in [1.54, 1.807) is 6.92 Å². The van der Waals surface area contributed by atoms with E-state index in [1.165, 1.54) is 17.0 Å². The van der Waals surface area contributed by atoms with Crippen molar-refractivity contribution < 1.29 is 19.6 Å². The summed E-state index contributed by atoms with van der Waals surface area (Å²) in [5.74, 6) is -0.271. The fraction of sp³-hybridized carbons (Fsp3) is 0.375. The van der Waals surface area contributed by atoms with Crippen LogP contribution in [0.2, 0.25) is 0 Å². The zero-order valence-corrected chi connectivity index (χ0v) is 15.6. The Balaban J connectivity index is 2.45. The Morgan fingerprint density at radius 1 is 1.48 bits per heavy atom. The van der Waals surface area contributed by atoms with Crippen molar-refractivity contribution in [1.82, 2.24) is 4.90 Å². The van der Waals surface area contributed by atoms with Crippen LogP contribution in [0, 0.1) is 16.0 Å². The van der Waals surface area contributed by atoms with Crippen molar-refractivity contribution >= 4 is 46.0 Å². The molecule has 1 heterocycles. The number of carbonyl (C=O) groups excluding carboxylic acids is 1. The van der Waals surface area contributed by atoms with Gasteiger partial charge in [0.2, 0.25) is 0 Å². The minimum absolute atomic E-state index is 0.000564. The lowest BCUT2D eigenvalue weighted by molar-refractivity contribution is -0.385. The molecule has 1 aliphatic heterocycles. The summed E-state index contributed by atoms with van der Waals surface area (Å²) >= 11 is 6.34. The molecule has 25 heavy (non-hydrogen) atoms. The van der Waals surface area contributed by atoms with Crippen molar-refractivity contribution in [2.45, 2.75) is 20.8 Å². The van der Waals surface area contributed by atoms with Crippen molar-refractivity contribution in [3.8, 4) is 11.5 Å². The van der Waals surface area contributed by atoms with Gasteiger partial charge in [-0.15, -0.1) is 0 Å². The van der Waals surface area contributed by atoms with Crippen LogP contribution in [0.3, 0.4) is 0 Å². The summed E-state index contributed by atoms with van der Waals surface area (Å²) in [4.78, 5) is 24.8. The van der Waals surface area contributed by atoms with Gasteiger partial charge in [-0.2, -0.15) is 0 Å². The first-order chi connectivity index (χ1) is 11.7. The number of rotatable bonds is 6. The van der Waals surface area contributed by atoms with Gasteiger partial charge in [0, 0.05) is 18.2 Å². The molecule has 0 aromatic heterocycles. The molecule has 1 aliphatic rings. The van der Waals surface area contributed by atoms with Crippen LogP contribution in [0.4, 0.5) is 5.69 Å². The summed E-state index contributed by atoms with van der Waals surface area (Å²) in [5, 5.41) is 21.4. The number of non-ortho nitro benzene ring substituents is 1. The topological polar surface area (TPSA) is 92.9 Å². The molecule has 1 fully saturated rings. The van der Waals surface area contributed by atoms with Gasteiger partial charge in [-0.1, -0.05) is 37.8 Å². The standard InChI is InChI=1S/C16H18N2O5S2/c1-4-23-12-7-11(18(21)22)5-10(14(12)19)6-13-15(20)17(8-9(2)3)16(24)25-13/h5-7,9,19H,4,8H2,1-3H3/b13-6+. The normalized spacial score (nSPS) is 16.2. The first kappa shape index (κ1) is 19.2. The molecule has 0 bridgehead atoms. The number of phenols is 1. The number of nitrogens with zero attached hydrogens (tertiary/aromatic N) is 2. The van der Waals surface area contributed by atoms with Crippen molar-refractivity contribution in [1.29, 1.82) is 0 Å². The number of hydrogen-bond donors (Lipinski definition) is 1. The third kappa shape index (κ3) is 4.29. The lowest BCUT2D eigenvalue weighted by Gasteiger charge is -2.16. The van der Waals surface area contributed by atoms with Crippen molar-refractivity contribution in [3.63, 3.8) is 0 Å². The Kier molecular flexibility index (Phi) is 6.02. The number of ether oxygens (including phenoxy) is 1. The summed E-state index contributed by atoms with van der Waals surface area (Å²) in [6.45, 7) is 6.39. The molecule has 1 N–H and O–H groups in total. The Labute approximate surface area is 154 Å². The van der Waals surface area contributed by atoms with E-state index in [1.807, 2.05) is 13.8 Å². The van der Waals surface area contributed by atoms with Gasteiger partial charge in [-0.25, -0.2) is 0 Å². The van der Waals surface area contributed by atoms with Crippen LogP contribution in [0.5, 0.6) is 11.5 Å². The minimum atomic E-state index is -0.580. The predicted octanol–water partition coefficient (Wildman–Crippen LogP) is 3.56. The Bertz CT molecular complexity index is 761. The van der Waals surface area contributed by atoms with Gasteiger partial charge in [-0.3, -0.25) is 19.8 Å². The molecule has 9 heteroatoms. The zero-order valence-electron chi connectivity index (χ0n) is 14.0. The van der Waals surface area contributed by atoms with E-state index in [2.05, 4.69) is 0 Å². The van der Waals surface area contributed by atoms with E-state index in [0.29, 0.717) is 15.8 Å². The second kappa shape index (κ2) is 7.83. The molecule has 0 radical (unpaired) electrons. The first-order valence-corrected chi connectivity index (χ1v) is 8.86. The molecule has 0 unspecified atom stereocenters. The second-order valence-corrected chi connectivity index (χ2v) is 7.43. The number of benzene rings is 1. The van der Waals surface area contributed by atoms with Gasteiger partial charge < -0.3 is 9.84 Å². The van der Waals surface area contributed by atoms with Gasteiger partial charge in [0.1, 0.15) is 4.32 Å². The van der Waals surface area contributed by atoms with Crippen LogP contribution in [0.1, 0.15) is 26.3 Å². The van der Waals surface area contributed by atoms with E-state index in [4.69, 9.17) is 17.0 Å². The summed E-state index contributed by atoms with van der Waals surface area (Å²) in [7, 11) is 0. The highest BCUT2D eigenvalue weighted by molar-refractivity contribution is 8.26. The highest BCUT2D eigenvalue weighted by Gasteiger charge is 2.32. The van der Waals surface area contributed by atoms with Gasteiger partial charge in [-0.05, 0) is 18.9 Å². The number of nitro groups is 1. The summed E-state index contributed by atoms with van der Waals surface area (Å²) in [6, 6.07) is 2.35. The Hall–Kier alpha value is -2.13. The molecule has 1 aromatic rings. The minimum Gasteiger partial charge on any atom is -0.504 e. The highest BCUT2D eigenvalue weighted by Crippen LogP contribution is 2.39. The summed E-state index contributed by atoms with van der Waals surface area (Å²) in [6.07, 6.45) is 1.41. The quantitative estimate of drug-likeness (QED) is 0.348. The number of nitro benzene ring substituents is 1. The molecule has 0 saturated carbocycles. The largest absolute Gasteiger partial charge is 0.504 e. The van der Waals surface area contributed by atoms with Gasteiger partial charge in [0.25, 0.3) is 11.6 Å². The third-order valence-electron chi connectivity index (χ3n) is 3.31. The fourth-order valence-corrected chi connectivity index (χ4v) is 3.52. The molecule has 0 atom stereocenters. The maximum absolute atomic E-state index is 12.5. The Morgan fingerprint density at radius 2 is 2.16 bits per heavy atom. The number of thioether (sulfide) groups is 1. The molecule has 7 nitrogen and oxygen atoms in total. The molecular weight excluding hydrogens is 364 g/mol. The van der Waals surface area contributed by atoms with Crippen LogP contribution in [-0.2, 0) is 4.79 Å². The van der Waals surface area contributed by atoms with Crippen LogP contribution in [0.25, 0.3) is 6.08 Å². The smallest absolute Gasteiger partial charge is 0.274 e. The number of thiocarbonyl (C=S) groups is 1. The monoisotopic (exact) mass is 382 g/mol. The number of carbonyl (C=O) groups is 1. The lowest BCUT2D eigenvalue weighted by Crippen LogP contribution is -2.31. The van der Waals surface area contributed by atoms with Crippen molar-refractivity contribution in [2.24, 2.45) is 5.92 Å². The fourth-order valence-electron chi connectivity index (χ4n) is 2.26. The van der Waals surface area contributed by atoms with Crippen molar-refractivity contribution in [3.05, 3.63) is 32.7 Å². The summed E-state index contributed by atoms with van der Waals surface area (Å²) in [5.41, 5.74) is -0.0899. The highest BCUT2D eigenvalue weighted by atomic mass is 32.2. The molecular formula is C16H18N2O5S2. The second-order valence-electron chi connectivity index (χ2n) is 5.76. The SMILES string of the molecule is CCOc1cc([N+](=O)[O-])cc(/C=C2/SC(=S)N(CC(C)C)C2=O)c1O. The average Bonchev–Trinajstić information content (AvgIpc) is 2.78. The van der Waals surface area contributed by atoms with Crippen molar-refractivity contribution in [2.75, 3.05) is 13.2 Å². The number of amides is 1. The Morgan fingerprint density at radius 3 is 2.72 bits per heavy atom. The van der Waals surface area contributed by atoms with Gasteiger partial charge in [0.05, 0.1) is 22.5 Å². The van der Waals surface area contributed by atoms with E-state index in [0.717, 1.165) is 17.8 Å². The maximum Gasteiger partial charge on any atom is 0.274 e. The van der Waals surface area contributed by atoms with Gasteiger partial charge >= 0.3 is 0 Å². The molecule has 0 spiro atoms. The van der Waals surface area contributed by atoms with E-state index in [-0.39, 0.29) is 41.2 Å². The first-order valence-electron chi connectivity index (χ1n) is 7.64. The number of aromatic hydroxyl groups is 1. The number of hydrogen-bond acceptors (Lipinski definition) is 7. The molecule has 134 valence electrons. The van der Waals surface area contributed by atoms with E-state index >= 15 is 0 Å². The van der Waals surface area contributed by atoms with Crippen LogP contribution >= 0.6 is 24.0 Å². The maximum atomic E-state index is 12.5. The predicted molar refractivity (Wildman–Crippen MR) is 101 cm³/mol. The molecule has 0 aliphatic carbocycles. The third-order valence-corrected chi connectivity index (χ3v) is 4.69. The molecule has 1 aromatic carbocycles. The molecule has 2 rings (SSSR count). The zero-order chi connectivity index (χ0) is 18.7. The van der Waals surface area contributed by atoms with E-state index in [9.17, 15) is 20.0 Å². The summed E-state index contributed by atoms with van der Waals surface area (Å²) < 4.78 is 5.67. The van der Waals surface area contributed by atoms with Crippen LogP contribution in [-0.4, -0.2) is 38.3 Å². The number of phenolic OH excluding ortho intramolecular Hbond substituents is 1. The molecule has 1 amide bonds. The lowest BCUT2D eigenvalue weighted by atomic mass is 10.1. The van der Waals surface area contributed by atoms with E-state index < -0.39 is 4.92 Å². The van der Waals surface area contributed by atoms with Crippen LogP contribution < -0.4 is 4.74 Å².